The van der Waals surface area contributed by atoms with Gasteiger partial charge >= 0.3 is 0 Å². The molecule has 0 aromatic heterocycles. The maximum atomic E-state index is 12.5. The van der Waals surface area contributed by atoms with Crippen LogP contribution in [0.3, 0.4) is 0 Å². The molecule has 2 rings (SSSR count). The molecule has 0 heterocycles. The summed E-state index contributed by atoms with van der Waals surface area (Å²) in [5.74, 6) is 0.561. The third-order valence-corrected chi connectivity index (χ3v) is 4.92. The first-order valence-corrected chi connectivity index (χ1v) is 8.82. The fourth-order valence-corrected chi connectivity index (χ4v) is 3.48. The standard InChI is InChI=1S/C17H20ClNOS/c1-2-12-19-17(14-6-4-3-5-7-14)13-21(20)16-10-8-15(18)9-11-16/h3-11,17,19H,2,12-13H2,1H3. The van der Waals surface area contributed by atoms with Crippen LogP contribution in [0.2, 0.25) is 5.02 Å². The number of hydrogen-bond donors (Lipinski definition) is 1. The van der Waals surface area contributed by atoms with Crippen molar-refractivity contribution < 1.29 is 4.21 Å². The fourth-order valence-electron chi connectivity index (χ4n) is 2.11. The molecule has 0 amide bonds. The van der Waals surface area contributed by atoms with Gasteiger partial charge in [0.15, 0.2) is 0 Å². The molecule has 2 aromatic carbocycles. The Morgan fingerprint density at radius 3 is 2.38 bits per heavy atom. The van der Waals surface area contributed by atoms with Crippen molar-refractivity contribution in [3.8, 4) is 0 Å². The summed E-state index contributed by atoms with van der Waals surface area (Å²) < 4.78 is 12.5. The van der Waals surface area contributed by atoms with Gasteiger partial charge in [-0.05, 0) is 42.8 Å². The van der Waals surface area contributed by atoms with Crippen LogP contribution in [0, 0.1) is 0 Å². The van der Waals surface area contributed by atoms with Crippen molar-refractivity contribution in [2.45, 2.75) is 24.3 Å². The van der Waals surface area contributed by atoms with Gasteiger partial charge in [0.2, 0.25) is 0 Å². The van der Waals surface area contributed by atoms with Crippen molar-refractivity contribution >= 4 is 22.4 Å². The fraction of sp³-hybridized carbons (Fsp3) is 0.294. The van der Waals surface area contributed by atoms with E-state index in [2.05, 4.69) is 24.4 Å². The zero-order valence-corrected chi connectivity index (χ0v) is 13.7. The lowest BCUT2D eigenvalue weighted by atomic mass is 10.1. The highest BCUT2D eigenvalue weighted by molar-refractivity contribution is 7.85. The highest BCUT2D eigenvalue weighted by Gasteiger charge is 2.15. The lowest BCUT2D eigenvalue weighted by Crippen LogP contribution is -2.27. The number of rotatable bonds is 7. The average molecular weight is 322 g/mol. The van der Waals surface area contributed by atoms with Gasteiger partial charge < -0.3 is 5.32 Å². The molecule has 0 radical (unpaired) electrons. The van der Waals surface area contributed by atoms with E-state index in [-0.39, 0.29) is 6.04 Å². The predicted octanol–water partition coefficient (Wildman–Crippen LogP) is 4.19. The number of nitrogens with one attached hydrogen (secondary N) is 1. The lowest BCUT2D eigenvalue weighted by molar-refractivity contribution is 0.569. The van der Waals surface area contributed by atoms with Gasteiger partial charge in [-0.25, -0.2) is 0 Å². The van der Waals surface area contributed by atoms with Crippen LogP contribution in [0.1, 0.15) is 24.9 Å². The molecule has 0 bridgehead atoms. The number of hydrogen-bond acceptors (Lipinski definition) is 2. The lowest BCUT2D eigenvalue weighted by Gasteiger charge is -2.18. The molecule has 21 heavy (non-hydrogen) atoms. The van der Waals surface area contributed by atoms with E-state index >= 15 is 0 Å². The van der Waals surface area contributed by atoms with Crippen molar-refractivity contribution in [3.05, 3.63) is 65.2 Å². The minimum atomic E-state index is -1.05. The minimum absolute atomic E-state index is 0.0997. The SMILES string of the molecule is CCCNC(CS(=O)c1ccc(Cl)cc1)c1ccccc1. The van der Waals surface area contributed by atoms with Gasteiger partial charge in [-0.1, -0.05) is 48.9 Å². The number of benzene rings is 2. The molecule has 0 saturated carbocycles. The summed E-state index contributed by atoms with van der Waals surface area (Å²) in [4.78, 5) is 0.818. The molecular formula is C17H20ClNOS. The molecule has 0 fully saturated rings. The molecule has 0 saturated heterocycles. The van der Waals surface area contributed by atoms with E-state index in [0.717, 1.165) is 17.9 Å². The molecule has 112 valence electrons. The van der Waals surface area contributed by atoms with Gasteiger partial charge in [0.1, 0.15) is 0 Å². The molecule has 0 spiro atoms. The van der Waals surface area contributed by atoms with Crippen molar-refractivity contribution in [1.82, 2.24) is 5.32 Å². The van der Waals surface area contributed by atoms with E-state index in [1.54, 1.807) is 12.1 Å². The van der Waals surface area contributed by atoms with E-state index < -0.39 is 10.8 Å². The third kappa shape index (κ3) is 4.95. The smallest absolute Gasteiger partial charge is 0.0548 e. The Bertz CT molecular complexity index is 571. The molecule has 2 unspecified atom stereocenters. The maximum Gasteiger partial charge on any atom is 0.0548 e. The first-order chi connectivity index (χ1) is 10.2. The summed E-state index contributed by atoms with van der Waals surface area (Å²) in [6, 6.07) is 17.5. The average Bonchev–Trinajstić information content (AvgIpc) is 2.52. The second kappa shape index (κ2) is 8.32. The third-order valence-electron chi connectivity index (χ3n) is 3.24. The second-order valence-electron chi connectivity index (χ2n) is 4.88. The van der Waals surface area contributed by atoms with Crippen molar-refractivity contribution in [1.29, 1.82) is 0 Å². The Labute approximate surface area is 134 Å². The quantitative estimate of drug-likeness (QED) is 0.828. The van der Waals surface area contributed by atoms with Crippen LogP contribution in [0.15, 0.2) is 59.5 Å². The van der Waals surface area contributed by atoms with Crippen LogP contribution in [0.4, 0.5) is 0 Å². The molecule has 0 aliphatic rings. The molecule has 0 aliphatic heterocycles. The van der Waals surface area contributed by atoms with Crippen molar-refractivity contribution in [2.75, 3.05) is 12.3 Å². The highest BCUT2D eigenvalue weighted by atomic mass is 35.5. The summed E-state index contributed by atoms with van der Waals surface area (Å²) >= 11 is 5.88. The van der Waals surface area contributed by atoms with Gasteiger partial charge in [0, 0.05) is 21.7 Å². The zero-order chi connectivity index (χ0) is 15.1. The van der Waals surface area contributed by atoms with Crippen LogP contribution in [-0.4, -0.2) is 16.5 Å². The maximum absolute atomic E-state index is 12.5. The van der Waals surface area contributed by atoms with E-state index in [1.165, 1.54) is 5.56 Å². The normalized spacial score (nSPS) is 13.8. The van der Waals surface area contributed by atoms with Gasteiger partial charge in [0.25, 0.3) is 0 Å². The molecule has 2 aromatic rings. The first kappa shape index (κ1) is 16.2. The molecule has 4 heteroatoms. The monoisotopic (exact) mass is 321 g/mol. The van der Waals surface area contributed by atoms with E-state index in [1.807, 2.05) is 30.3 Å². The molecule has 1 N–H and O–H groups in total. The summed E-state index contributed by atoms with van der Waals surface area (Å²) in [6.45, 7) is 3.04. The highest BCUT2D eigenvalue weighted by Crippen LogP contribution is 2.19. The molecule has 2 nitrogen and oxygen atoms in total. The van der Waals surface area contributed by atoms with Crippen LogP contribution < -0.4 is 5.32 Å². The van der Waals surface area contributed by atoms with Crippen LogP contribution in [0.5, 0.6) is 0 Å². The first-order valence-electron chi connectivity index (χ1n) is 7.13. The molecule has 2 atom stereocenters. The van der Waals surface area contributed by atoms with E-state index in [0.29, 0.717) is 10.8 Å². The van der Waals surface area contributed by atoms with Crippen molar-refractivity contribution in [3.63, 3.8) is 0 Å². The Hall–Kier alpha value is -1.16. The molecular weight excluding hydrogens is 302 g/mol. The largest absolute Gasteiger partial charge is 0.309 e. The van der Waals surface area contributed by atoms with Crippen molar-refractivity contribution in [2.24, 2.45) is 0 Å². The van der Waals surface area contributed by atoms with Gasteiger partial charge in [-0.2, -0.15) is 0 Å². The Morgan fingerprint density at radius 2 is 1.76 bits per heavy atom. The van der Waals surface area contributed by atoms with Gasteiger partial charge in [-0.3, -0.25) is 4.21 Å². The van der Waals surface area contributed by atoms with E-state index in [4.69, 9.17) is 11.6 Å². The Kier molecular flexibility index (Phi) is 6.43. The Morgan fingerprint density at radius 1 is 1.10 bits per heavy atom. The van der Waals surface area contributed by atoms with Crippen LogP contribution >= 0.6 is 11.6 Å². The van der Waals surface area contributed by atoms with Gasteiger partial charge in [0.05, 0.1) is 10.8 Å². The topological polar surface area (TPSA) is 29.1 Å². The predicted molar refractivity (Wildman–Crippen MR) is 90.2 cm³/mol. The van der Waals surface area contributed by atoms with Gasteiger partial charge in [-0.15, -0.1) is 0 Å². The Balaban J connectivity index is 2.11. The summed E-state index contributed by atoms with van der Waals surface area (Å²) in [5, 5.41) is 4.14. The van der Waals surface area contributed by atoms with Crippen LogP contribution in [-0.2, 0) is 10.8 Å². The summed E-state index contributed by atoms with van der Waals surface area (Å²) in [5.41, 5.74) is 1.17. The summed E-state index contributed by atoms with van der Waals surface area (Å²) in [6.07, 6.45) is 1.05. The summed E-state index contributed by atoms with van der Waals surface area (Å²) in [7, 11) is -1.05. The van der Waals surface area contributed by atoms with E-state index in [9.17, 15) is 4.21 Å². The minimum Gasteiger partial charge on any atom is -0.309 e. The zero-order valence-electron chi connectivity index (χ0n) is 12.1. The van der Waals surface area contributed by atoms with Crippen LogP contribution in [0.25, 0.3) is 0 Å². The number of halogens is 1. The second-order valence-corrected chi connectivity index (χ2v) is 6.82. The molecule has 0 aliphatic carbocycles.